The number of rotatable bonds is 2. The van der Waals surface area contributed by atoms with E-state index in [2.05, 4.69) is 31.5 Å². The van der Waals surface area contributed by atoms with E-state index in [1.165, 1.54) is 24.0 Å². The molecule has 2 fully saturated rings. The first-order valence-electron chi connectivity index (χ1n) is 6.47. The Hall–Kier alpha value is -1.55. The summed E-state index contributed by atoms with van der Waals surface area (Å²) >= 11 is 0. The van der Waals surface area contributed by atoms with Gasteiger partial charge in [-0.25, -0.2) is 15.2 Å². The molecule has 0 aromatic heterocycles. The molecule has 4 heteroatoms. The second-order valence-corrected chi connectivity index (χ2v) is 5.62. The third kappa shape index (κ3) is 1.77. The molecule has 1 aliphatic carbocycles. The Morgan fingerprint density at radius 3 is 2.61 bits per heavy atom. The van der Waals surface area contributed by atoms with E-state index in [4.69, 9.17) is 0 Å². The summed E-state index contributed by atoms with van der Waals surface area (Å²) in [7, 11) is 0. The molecule has 4 nitrogen and oxygen atoms in total. The zero-order chi connectivity index (χ0) is 12.9. The number of carbonyl (C=O) groups is 1. The number of benzene rings is 1. The van der Waals surface area contributed by atoms with Crippen LogP contribution in [0.25, 0.3) is 0 Å². The fraction of sp³-hybridized carbons (Fsp3) is 0.500. The molecule has 1 saturated heterocycles. The minimum Gasteiger partial charge on any atom is -0.317 e. The zero-order valence-electron chi connectivity index (χ0n) is 11.1. The molecule has 2 aliphatic rings. The summed E-state index contributed by atoms with van der Waals surface area (Å²) in [5.74, 6) is 0.554. The van der Waals surface area contributed by atoms with E-state index in [1.54, 1.807) is 5.01 Å². The van der Waals surface area contributed by atoms with Crippen LogP contribution >= 0.6 is 0 Å². The minimum absolute atomic E-state index is 0.0624. The monoisotopic (exact) mass is 245 g/mol. The van der Waals surface area contributed by atoms with Crippen LogP contribution in [0.15, 0.2) is 18.2 Å². The molecule has 0 spiro atoms. The SMILES string of the molecule is Cc1ccc(N2N[C@@](C)(C3CC3)NC2=O)cc1C. The first-order valence-corrected chi connectivity index (χ1v) is 6.47. The molecule has 0 radical (unpaired) electrons. The van der Waals surface area contributed by atoms with Gasteiger partial charge in [0.05, 0.1) is 5.69 Å². The van der Waals surface area contributed by atoms with E-state index in [9.17, 15) is 4.79 Å². The highest BCUT2D eigenvalue weighted by atomic mass is 16.2. The van der Waals surface area contributed by atoms with E-state index >= 15 is 0 Å². The number of aryl methyl sites for hydroxylation is 2. The number of nitrogens with one attached hydrogen (secondary N) is 2. The van der Waals surface area contributed by atoms with E-state index in [-0.39, 0.29) is 11.7 Å². The summed E-state index contributed by atoms with van der Waals surface area (Å²) < 4.78 is 0. The van der Waals surface area contributed by atoms with Crippen LogP contribution in [0.4, 0.5) is 10.5 Å². The first kappa shape index (κ1) is 11.5. The molecule has 18 heavy (non-hydrogen) atoms. The predicted molar refractivity (Wildman–Crippen MR) is 71.2 cm³/mol. The Morgan fingerprint density at radius 1 is 1.28 bits per heavy atom. The van der Waals surface area contributed by atoms with Gasteiger partial charge >= 0.3 is 6.03 Å². The van der Waals surface area contributed by atoms with E-state index in [0.29, 0.717) is 5.92 Å². The van der Waals surface area contributed by atoms with Gasteiger partial charge in [-0.1, -0.05) is 6.07 Å². The second-order valence-electron chi connectivity index (χ2n) is 5.62. The number of hydrogen-bond donors (Lipinski definition) is 2. The molecule has 0 unspecified atom stereocenters. The predicted octanol–water partition coefficient (Wildman–Crippen LogP) is 2.46. The number of hydrazine groups is 1. The number of anilines is 1. The van der Waals surface area contributed by atoms with Crippen molar-refractivity contribution in [3.63, 3.8) is 0 Å². The van der Waals surface area contributed by atoms with Gasteiger partial charge < -0.3 is 5.32 Å². The van der Waals surface area contributed by atoms with Crippen LogP contribution in [0.1, 0.15) is 30.9 Å². The number of urea groups is 1. The Bertz CT molecular complexity index is 510. The lowest BCUT2D eigenvalue weighted by Gasteiger charge is -2.24. The highest BCUT2D eigenvalue weighted by molar-refractivity contribution is 5.94. The van der Waals surface area contributed by atoms with Crippen molar-refractivity contribution in [3.8, 4) is 0 Å². The second kappa shape index (κ2) is 3.72. The lowest BCUT2D eigenvalue weighted by Crippen LogP contribution is -2.50. The maximum absolute atomic E-state index is 12.1. The van der Waals surface area contributed by atoms with Crippen LogP contribution in [-0.4, -0.2) is 11.7 Å². The Kier molecular flexibility index (Phi) is 2.38. The fourth-order valence-electron chi connectivity index (χ4n) is 2.49. The summed E-state index contributed by atoms with van der Waals surface area (Å²) in [4.78, 5) is 12.1. The number of carbonyl (C=O) groups excluding carboxylic acids is 1. The van der Waals surface area contributed by atoms with Crippen molar-refractivity contribution in [2.24, 2.45) is 5.92 Å². The highest BCUT2D eigenvalue weighted by Gasteiger charge is 2.49. The van der Waals surface area contributed by atoms with Crippen LogP contribution in [0, 0.1) is 19.8 Å². The molecule has 2 amide bonds. The van der Waals surface area contributed by atoms with Gasteiger partial charge in [-0.15, -0.1) is 0 Å². The van der Waals surface area contributed by atoms with E-state index in [1.807, 2.05) is 18.2 Å². The number of hydrogen-bond acceptors (Lipinski definition) is 2. The van der Waals surface area contributed by atoms with Crippen LogP contribution in [0.2, 0.25) is 0 Å². The van der Waals surface area contributed by atoms with Gasteiger partial charge in [0.25, 0.3) is 0 Å². The van der Waals surface area contributed by atoms with E-state index < -0.39 is 0 Å². The molecule has 96 valence electrons. The lowest BCUT2D eigenvalue weighted by atomic mass is 10.1. The maximum Gasteiger partial charge on any atom is 0.338 e. The lowest BCUT2D eigenvalue weighted by molar-refractivity contribution is 0.245. The molecular formula is C14H19N3O. The molecular weight excluding hydrogens is 226 g/mol. The molecule has 1 atom stereocenters. The summed E-state index contributed by atoms with van der Waals surface area (Å²) in [5.41, 5.74) is 6.37. The van der Waals surface area contributed by atoms with Crippen molar-refractivity contribution in [2.45, 2.75) is 39.3 Å². The zero-order valence-corrected chi connectivity index (χ0v) is 11.1. The fourth-order valence-corrected chi connectivity index (χ4v) is 2.49. The molecule has 1 aromatic carbocycles. The van der Waals surface area contributed by atoms with Crippen LogP contribution in [0.5, 0.6) is 0 Å². The summed E-state index contributed by atoms with van der Waals surface area (Å²) in [5, 5.41) is 4.68. The van der Waals surface area contributed by atoms with Gasteiger partial charge in [0.1, 0.15) is 5.66 Å². The molecule has 3 rings (SSSR count). The van der Waals surface area contributed by atoms with Crippen molar-refractivity contribution < 1.29 is 4.79 Å². The van der Waals surface area contributed by atoms with Crippen molar-refractivity contribution in [1.82, 2.24) is 10.7 Å². The largest absolute Gasteiger partial charge is 0.338 e. The molecule has 1 aliphatic heterocycles. The molecule has 1 saturated carbocycles. The average Bonchev–Trinajstić information content (AvgIpc) is 3.10. The van der Waals surface area contributed by atoms with Gasteiger partial charge in [0.2, 0.25) is 0 Å². The first-order chi connectivity index (χ1) is 8.49. The van der Waals surface area contributed by atoms with Gasteiger partial charge in [0.15, 0.2) is 0 Å². The summed E-state index contributed by atoms with van der Waals surface area (Å²) in [6.45, 7) is 6.20. The normalized spacial score (nSPS) is 27.5. The summed E-state index contributed by atoms with van der Waals surface area (Å²) in [6, 6.07) is 6.01. The van der Waals surface area contributed by atoms with Crippen molar-refractivity contribution in [3.05, 3.63) is 29.3 Å². The topological polar surface area (TPSA) is 44.4 Å². The van der Waals surface area contributed by atoms with Crippen molar-refractivity contribution >= 4 is 11.7 Å². The highest BCUT2D eigenvalue weighted by Crippen LogP contribution is 2.40. The van der Waals surface area contributed by atoms with Crippen molar-refractivity contribution in [2.75, 3.05) is 5.01 Å². The van der Waals surface area contributed by atoms with Crippen LogP contribution in [0.3, 0.4) is 0 Å². The Morgan fingerprint density at radius 2 is 2.00 bits per heavy atom. The number of nitrogens with zero attached hydrogens (tertiary/aromatic N) is 1. The minimum atomic E-state index is -0.282. The standard InChI is InChI=1S/C14H19N3O/c1-9-4-7-12(8-10(9)2)17-13(18)15-14(3,16-17)11-5-6-11/h4,7-8,11,16H,5-6H2,1-3H3,(H,15,18)/t14-/m0/s1. The Labute approximate surface area is 107 Å². The third-order valence-electron chi connectivity index (χ3n) is 4.06. The number of amides is 2. The van der Waals surface area contributed by atoms with Gasteiger partial charge in [0, 0.05) is 0 Å². The molecule has 1 aromatic rings. The smallest absolute Gasteiger partial charge is 0.317 e. The quantitative estimate of drug-likeness (QED) is 0.840. The van der Waals surface area contributed by atoms with Gasteiger partial charge in [-0.05, 0) is 62.8 Å². The average molecular weight is 245 g/mol. The molecule has 2 N–H and O–H groups in total. The van der Waals surface area contributed by atoms with Crippen molar-refractivity contribution in [1.29, 1.82) is 0 Å². The van der Waals surface area contributed by atoms with E-state index in [0.717, 1.165) is 5.69 Å². The molecule has 0 bridgehead atoms. The maximum atomic E-state index is 12.1. The van der Waals surface area contributed by atoms with Crippen LogP contribution < -0.4 is 15.8 Å². The molecule has 1 heterocycles. The third-order valence-corrected chi connectivity index (χ3v) is 4.06. The van der Waals surface area contributed by atoms with Crippen LogP contribution in [-0.2, 0) is 0 Å². The Balaban J connectivity index is 1.88. The van der Waals surface area contributed by atoms with Gasteiger partial charge in [-0.3, -0.25) is 0 Å². The summed E-state index contributed by atoms with van der Waals surface area (Å²) in [6.07, 6.45) is 2.37. The van der Waals surface area contributed by atoms with Gasteiger partial charge in [-0.2, -0.15) is 0 Å².